The SMILES string of the molecule is CC(C)(C)NC(=[18O])c1c[nH]c2ccccc12. The number of para-hydroxylation sites is 1. The van der Waals surface area contributed by atoms with Crippen LogP contribution in [0.1, 0.15) is 31.1 Å². The lowest BCUT2D eigenvalue weighted by Gasteiger charge is -2.20. The van der Waals surface area contributed by atoms with Gasteiger partial charge in [0.05, 0.1) is 5.56 Å². The van der Waals surface area contributed by atoms with Gasteiger partial charge in [-0.2, -0.15) is 0 Å². The van der Waals surface area contributed by atoms with Gasteiger partial charge in [0.15, 0.2) is 0 Å². The fourth-order valence-corrected chi connectivity index (χ4v) is 1.67. The molecular formula is C13H16N2O. The molecule has 1 aromatic heterocycles. The van der Waals surface area contributed by atoms with Gasteiger partial charge in [-0.05, 0) is 26.8 Å². The predicted octanol–water partition coefficient (Wildman–Crippen LogP) is 2.70. The molecule has 0 bridgehead atoms. The molecule has 3 heteroatoms. The number of H-pyrrole nitrogens is 1. The van der Waals surface area contributed by atoms with Crippen LogP contribution >= 0.6 is 0 Å². The summed E-state index contributed by atoms with van der Waals surface area (Å²) in [5.41, 5.74) is 1.47. The Labute approximate surface area is 94.9 Å². The van der Waals surface area contributed by atoms with Gasteiger partial charge in [-0.15, -0.1) is 0 Å². The summed E-state index contributed by atoms with van der Waals surface area (Å²) in [5, 5.41) is 3.92. The van der Waals surface area contributed by atoms with E-state index in [1.807, 2.05) is 45.0 Å². The van der Waals surface area contributed by atoms with Crippen molar-refractivity contribution in [2.75, 3.05) is 0 Å². The van der Waals surface area contributed by atoms with Gasteiger partial charge in [-0.1, -0.05) is 18.2 Å². The van der Waals surface area contributed by atoms with E-state index in [1.54, 1.807) is 6.20 Å². The number of rotatable bonds is 1. The van der Waals surface area contributed by atoms with E-state index in [2.05, 4.69) is 10.3 Å². The molecular weight excluding hydrogens is 202 g/mol. The number of hydrogen-bond donors (Lipinski definition) is 2. The van der Waals surface area contributed by atoms with Crippen LogP contribution in [0.4, 0.5) is 0 Å². The molecule has 1 heterocycles. The lowest BCUT2D eigenvalue weighted by Crippen LogP contribution is -2.40. The van der Waals surface area contributed by atoms with E-state index in [9.17, 15) is 4.79 Å². The van der Waals surface area contributed by atoms with Crippen LogP contribution in [0.15, 0.2) is 30.5 Å². The lowest BCUT2D eigenvalue weighted by molar-refractivity contribution is 0.0921. The molecule has 0 aliphatic carbocycles. The average Bonchev–Trinajstić information content (AvgIpc) is 2.58. The summed E-state index contributed by atoms with van der Waals surface area (Å²) in [4.78, 5) is 15.1. The van der Waals surface area contributed by atoms with Gasteiger partial charge >= 0.3 is 0 Å². The smallest absolute Gasteiger partial charge is 0.253 e. The van der Waals surface area contributed by atoms with Crippen LogP contribution in [-0.2, 0) is 0 Å². The zero-order valence-corrected chi connectivity index (χ0v) is 9.79. The number of carbonyl (C=O) groups excluding carboxylic acids is 1. The Morgan fingerprint density at radius 3 is 2.62 bits per heavy atom. The van der Waals surface area contributed by atoms with E-state index >= 15 is 0 Å². The summed E-state index contributed by atoms with van der Waals surface area (Å²) >= 11 is 0. The number of fused-ring (bicyclic) bond motifs is 1. The van der Waals surface area contributed by atoms with Gasteiger partial charge in [0.2, 0.25) is 0 Å². The van der Waals surface area contributed by atoms with E-state index < -0.39 is 0 Å². The van der Waals surface area contributed by atoms with Crippen molar-refractivity contribution in [1.29, 1.82) is 0 Å². The fraction of sp³-hybridized carbons (Fsp3) is 0.308. The maximum absolute atomic E-state index is 12.0. The van der Waals surface area contributed by atoms with Crippen LogP contribution < -0.4 is 5.32 Å². The molecule has 2 N–H and O–H groups in total. The third-order valence-corrected chi connectivity index (χ3v) is 2.32. The third kappa shape index (κ3) is 2.08. The Balaban J connectivity index is 2.37. The van der Waals surface area contributed by atoms with E-state index in [0.29, 0.717) is 5.56 Å². The summed E-state index contributed by atoms with van der Waals surface area (Å²) < 4.78 is 0. The molecule has 0 aliphatic heterocycles. The van der Waals surface area contributed by atoms with Crippen LogP contribution in [0.5, 0.6) is 0 Å². The Kier molecular flexibility index (Phi) is 2.46. The van der Waals surface area contributed by atoms with Gasteiger partial charge in [-0.3, -0.25) is 4.79 Å². The summed E-state index contributed by atoms with van der Waals surface area (Å²) in [5.74, 6) is -0.0371. The quantitative estimate of drug-likeness (QED) is 0.710. The number of benzene rings is 1. The zero-order valence-electron chi connectivity index (χ0n) is 9.79. The minimum atomic E-state index is -0.213. The van der Waals surface area contributed by atoms with E-state index in [0.717, 1.165) is 10.9 Å². The van der Waals surface area contributed by atoms with Crippen LogP contribution in [0.2, 0.25) is 0 Å². The maximum atomic E-state index is 12.0. The Morgan fingerprint density at radius 1 is 1.25 bits per heavy atom. The van der Waals surface area contributed by atoms with Gasteiger partial charge in [-0.25, -0.2) is 0 Å². The molecule has 1 aromatic carbocycles. The zero-order chi connectivity index (χ0) is 11.8. The number of aromatic amines is 1. The van der Waals surface area contributed by atoms with Gasteiger partial charge in [0, 0.05) is 22.6 Å². The maximum Gasteiger partial charge on any atom is 0.253 e. The molecule has 0 spiro atoms. The second-order valence-corrected chi connectivity index (χ2v) is 4.95. The topological polar surface area (TPSA) is 44.9 Å². The molecule has 0 fully saturated rings. The Hall–Kier alpha value is -1.77. The highest BCUT2D eigenvalue weighted by Gasteiger charge is 2.17. The minimum Gasteiger partial charge on any atom is -0.360 e. The normalized spacial score (nSPS) is 11.7. The lowest BCUT2D eigenvalue weighted by atomic mass is 10.1. The van der Waals surface area contributed by atoms with Gasteiger partial charge < -0.3 is 10.3 Å². The first kappa shape index (κ1) is 10.7. The van der Waals surface area contributed by atoms with Gasteiger partial charge in [0.1, 0.15) is 0 Å². The summed E-state index contributed by atoms with van der Waals surface area (Å²) in [6.07, 6.45) is 1.76. The van der Waals surface area contributed by atoms with Crippen LogP contribution in [0.3, 0.4) is 0 Å². The molecule has 84 valence electrons. The van der Waals surface area contributed by atoms with Crippen molar-refractivity contribution in [3.63, 3.8) is 0 Å². The second kappa shape index (κ2) is 3.67. The molecule has 1 amide bonds. The molecule has 0 unspecified atom stereocenters. The first-order chi connectivity index (χ1) is 7.47. The number of amides is 1. The van der Waals surface area contributed by atoms with E-state index in [-0.39, 0.29) is 11.4 Å². The number of hydrogen-bond acceptors (Lipinski definition) is 1. The largest absolute Gasteiger partial charge is 0.360 e. The first-order valence-electron chi connectivity index (χ1n) is 5.36. The molecule has 0 saturated carbocycles. The molecule has 2 rings (SSSR count). The Morgan fingerprint density at radius 2 is 1.94 bits per heavy atom. The van der Waals surface area contributed by atoms with Crippen molar-refractivity contribution in [2.45, 2.75) is 26.3 Å². The van der Waals surface area contributed by atoms with Crippen molar-refractivity contribution in [3.05, 3.63) is 36.0 Å². The highest BCUT2D eigenvalue weighted by atomic mass is 18.1. The fourth-order valence-electron chi connectivity index (χ4n) is 1.67. The molecule has 3 nitrogen and oxygen atoms in total. The number of carbonyl (C=O) groups is 1. The minimum absolute atomic E-state index is 0.0371. The molecule has 16 heavy (non-hydrogen) atoms. The average molecular weight is 218 g/mol. The van der Waals surface area contributed by atoms with E-state index in [4.69, 9.17) is 0 Å². The molecule has 0 atom stereocenters. The van der Waals surface area contributed by atoms with Crippen LogP contribution in [0, 0.1) is 0 Å². The monoisotopic (exact) mass is 218 g/mol. The predicted molar refractivity (Wildman–Crippen MR) is 65.5 cm³/mol. The molecule has 0 aliphatic rings. The van der Waals surface area contributed by atoms with Crippen LogP contribution in [0.25, 0.3) is 10.9 Å². The molecule has 2 aromatic rings. The Bertz CT molecular complexity index is 520. The number of nitrogens with one attached hydrogen (secondary N) is 2. The summed E-state index contributed by atoms with van der Waals surface area (Å²) in [6, 6.07) is 7.79. The van der Waals surface area contributed by atoms with Crippen molar-refractivity contribution < 1.29 is 4.79 Å². The second-order valence-electron chi connectivity index (χ2n) is 4.95. The highest BCUT2D eigenvalue weighted by Crippen LogP contribution is 2.18. The standard InChI is InChI=1S/C13H16N2O/c1-13(2,3)15-12(16)10-8-14-11-7-5-4-6-9(10)11/h4-8,14H,1-3H3,(H,15,16)/i16+2. The van der Waals surface area contributed by atoms with Crippen molar-refractivity contribution >= 4 is 16.8 Å². The van der Waals surface area contributed by atoms with Crippen molar-refractivity contribution in [1.82, 2.24) is 10.3 Å². The van der Waals surface area contributed by atoms with Gasteiger partial charge in [0.25, 0.3) is 5.91 Å². The van der Waals surface area contributed by atoms with Crippen molar-refractivity contribution in [2.24, 2.45) is 0 Å². The van der Waals surface area contributed by atoms with E-state index in [1.165, 1.54) is 0 Å². The summed E-state index contributed by atoms with van der Waals surface area (Å²) in [6.45, 7) is 5.92. The molecule has 0 radical (unpaired) electrons. The summed E-state index contributed by atoms with van der Waals surface area (Å²) in [7, 11) is 0. The van der Waals surface area contributed by atoms with Crippen molar-refractivity contribution in [3.8, 4) is 0 Å². The highest BCUT2D eigenvalue weighted by molar-refractivity contribution is 6.06. The molecule has 0 saturated heterocycles. The van der Waals surface area contributed by atoms with Crippen LogP contribution in [-0.4, -0.2) is 16.4 Å². The first-order valence-corrected chi connectivity index (χ1v) is 5.36. The number of aromatic nitrogens is 1. The third-order valence-electron chi connectivity index (χ3n) is 2.32.